The van der Waals surface area contributed by atoms with E-state index in [-0.39, 0.29) is 36.9 Å². The molecule has 0 bridgehead atoms. The molecule has 28 heavy (non-hydrogen) atoms. The van der Waals surface area contributed by atoms with Gasteiger partial charge in [-0.25, -0.2) is 8.42 Å². The van der Waals surface area contributed by atoms with Gasteiger partial charge in [0.1, 0.15) is 0 Å². The third kappa shape index (κ3) is 4.24. The van der Waals surface area contributed by atoms with Gasteiger partial charge in [-0.3, -0.25) is 10.1 Å². The largest absolute Gasteiger partial charge is 0.490 e. The molecule has 0 saturated carbocycles. The maximum Gasteiger partial charge on any atom is 0.312 e. The van der Waals surface area contributed by atoms with Gasteiger partial charge in [0.15, 0.2) is 11.5 Å². The lowest BCUT2D eigenvalue weighted by molar-refractivity contribution is -0.385. The summed E-state index contributed by atoms with van der Waals surface area (Å²) in [5.74, 6) is 0.665. The standard InChI is InChI=1S/C18H20N2O7S/c1-2-26-17-5-3-4-6-18(17)27-16-8-7-14(13-15(16)20(21)22)28(23,24)19-9-11-25-12-10-19/h3-8,13H,2,9-12H2,1H3. The number of nitro benzene ring substituents is 1. The third-order valence-electron chi connectivity index (χ3n) is 4.10. The van der Waals surface area contributed by atoms with Crippen molar-refractivity contribution in [3.05, 3.63) is 52.6 Å². The smallest absolute Gasteiger partial charge is 0.312 e. The first-order valence-corrected chi connectivity index (χ1v) is 10.1. The fraction of sp³-hybridized carbons (Fsp3) is 0.333. The quantitative estimate of drug-likeness (QED) is 0.512. The summed E-state index contributed by atoms with van der Waals surface area (Å²) in [5.41, 5.74) is -0.444. The van der Waals surface area contributed by atoms with E-state index >= 15 is 0 Å². The Hall–Kier alpha value is -2.69. The molecular formula is C18H20N2O7S. The van der Waals surface area contributed by atoms with E-state index < -0.39 is 20.6 Å². The van der Waals surface area contributed by atoms with Gasteiger partial charge in [0.25, 0.3) is 0 Å². The number of hydrogen-bond donors (Lipinski definition) is 0. The normalized spacial score (nSPS) is 15.2. The van der Waals surface area contributed by atoms with Crippen molar-refractivity contribution in [2.24, 2.45) is 0 Å². The molecule has 2 aromatic rings. The van der Waals surface area contributed by atoms with Gasteiger partial charge >= 0.3 is 5.69 Å². The topological polar surface area (TPSA) is 108 Å². The van der Waals surface area contributed by atoms with E-state index in [0.717, 1.165) is 6.07 Å². The summed E-state index contributed by atoms with van der Waals surface area (Å²) in [6.07, 6.45) is 0. The highest BCUT2D eigenvalue weighted by molar-refractivity contribution is 7.89. The average molecular weight is 408 g/mol. The van der Waals surface area contributed by atoms with Crippen LogP contribution < -0.4 is 9.47 Å². The summed E-state index contributed by atoms with van der Waals surface area (Å²) < 4.78 is 43.1. The number of hydrogen-bond acceptors (Lipinski definition) is 7. The summed E-state index contributed by atoms with van der Waals surface area (Å²) in [7, 11) is -3.86. The highest BCUT2D eigenvalue weighted by Gasteiger charge is 2.29. The Morgan fingerprint density at radius 3 is 2.43 bits per heavy atom. The first-order chi connectivity index (χ1) is 13.4. The predicted octanol–water partition coefficient (Wildman–Crippen LogP) is 2.81. The van der Waals surface area contributed by atoms with Crippen molar-refractivity contribution in [3.8, 4) is 17.2 Å². The Labute approximate surface area is 162 Å². The molecule has 0 spiro atoms. The molecule has 1 aliphatic rings. The van der Waals surface area contributed by atoms with Gasteiger partial charge in [0.2, 0.25) is 15.8 Å². The van der Waals surface area contributed by atoms with Crippen molar-refractivity contribution in [2.75, 3.05) is 32.9 Å². The first kappa shape index (κ1) is 20.1. The molecule has 1 heterocycles. The minimum atomic E-state index is -3.86. The van der Waals surface area contributed by atoms with Crippen LogP contribution in [0.3, 0.4) is 0 Å². The molecule has 1 fully saturated rings. The Bertz CT molecular complexity index is 956. The van der Waals surface area contributed by atoms with Crippen LogP contribution in [0.25, 0.3) is 0 Å². The second-order valence-electron chi connectivity index (χ2n) is 5.88. The van der Waals surface area contributed by atoms with Gasteiger partial charge in [0, 0.05) is 19.2 Å². The Balaban J connectivity index is 1.95. The van der Waals surface area contributed by atoms with E-state index in [9.17, 15) is 18.5 Å². The minimum absolute atomic E-state index is 0.0712. The molecule has 2 aromatic carbocycles. The van der Waals surface area contributed by atoms with Gasteiger partial charge in [-0.15, -0.1) is 0 Å². The molecule has 1 saturated heterocycles. The van der Waals surface area contributed by atoms with Crippen LogP contribution in [0.5, 0.6) is 17.2 Å². The molecule has 0 amide bonds. The van der Waals surface area contributed by atoms with Crippen LogP contribution in [0.2, 0.25) is 0 Å². The van der Waals surface area contributed by atoms with Crippen molar-refractivity contribution in [1.82, 2.24) is 4.31 Å². The molecule has 0 radical (unpaired) electrons. The Kier molecular flexibility index (Phi) is 6.12. The van der Waals surface area contributed by atoms with Crippen LogP contribution in [0.15, 0.2) is 47.4 Å². The van der Waals surface area contributed by atoms with Gasteiger partial charge in [-0.2, -0.15) is 4.31 Å². The molecule has 9 nitrogen and oxygen atoms in total. The van der Waals surface area contributed by atoms with E-state index in [2.05, 4.69) is 0 Å². The zero-order valence-electron chi connectivity index (χ0n) is 15.2. The average Bonchev–Trinajstić information content (AvgIpc) is 2.70. The minimum Gasteiger partial charge on any atom is -0.490 e. The van der Waals surface area contributed by atoms with Gasteiger partial charge in [0.05, 0.1) is 29.6 Å². The summed E-state index contributed by atoms with van der Waals surface area (Å²) in [6, 6.07) is 10.4. The summed E-state index contributed by atoms with van der Waals surface area (Å²) in [4.78, 5) is 10.7. The number of nitrogens with zero attached hydrogens (tertiary/aromatic N) is 2. The van der Waals surface area contributed by atoms with Crippen LogP contribution in [0, 0.1) is 10.1 Å². The van der Waals surface area contributed by atoms with Crippen LogP contribution in [0.1, 0.15) is 6.92 Å². The van der Waals surface area contributed by atoms with Crippen LogP contribution in [-0.2, 0) is 14.8 Å². The summed E-state index contributed by atoms with van der Waals surface area (Å²) >= 11 is 0. The van der Waals surface area contributed by atoms with E-state index in [0.29, 0.717) is 18.1 Å². The summed E-state index contributed by atoms with van der Waals surface area (Å²) in [5, 5.41) is 11.5. The molecule has 0 N–H and O–H groups in total. The SMILES string of the molecule is CCOc1ccccc1Oc1ccc(S(=O)(=O)N2CCOCC2)cc1[N+](=O)[O-]. The van der Waals surface area contributed by atoms with Crippen LogP contribution >= 0.6 is 0 Å². The second kappa shape index (κ2) is 8.55. The third-order valence-corrected chi connectivity index (χ3v) is 6.00. The Morgan fingerprint density at radius 1 is 1.11 bits per heavy atom. The maximum absolute atomic E-state index is 12.8. The van der Waals surface area contributed by atoms with E-state index in [1.165, 1.54) is 16.4 Å². The maximum atomic E-state index is 12.8. The van der Waals surface area contributed by atoms with Crippen molar-refractivity contribution in [3.63, 3.8) is 0 Å². The number of ether oxygens (including phenoxy) is 3. The second-order valence-corrected chi connectivity index (χ2v) is 7.82. The molecular weight excluding hydrogens is 388 g/mol. The number of para-hydroxylation sites is 2. The first-order valence-electron chi connectivity index (χ1n) is 8.69. The number of nitro groups is 1. The zero-order chi connectivity index (χ0) is 20.1. The van der Waals surface area contributed by atoms with Crippen molar-refractivity contribution >= 4 is 15.7 Å². The molecule has 0 aromatic heterocycles. The highest BCUT2D eigenvalue weighted by Crippen LogP contribution is 2.37. The molecule has 0 unspecified atom stereocenters. The molecule has 1 aliphatic heterocycles. The van der Waals surface area contributed by atoms with Gasteiger partial charge < -0.3 is 14.2 Å². The molecule has 10 heteroatoms. The fourth-order valence-corrected chi connectivity index (χ4v) is 4.18. The predicted molar refractivity (Wildman–Crippen MR) is 100 cm³/mol. The lowest BCUT2D eigenvalue weighted by atomic mass is 10.3. The van der Waals surface area contributed by atoms with Crippen molar-refractivity contribution < 1.29 is 27.6 Å². The van der Waals surface area contributed by atoms with E-state index in [4.69, 9.17) is 14.2 Å². The van der Waals surface area contributed by atoms with Crippen LogP contribution in [0.4, 0.5) is 5.69 Å². The molecule has 150 valence electrons. The van der Waals surface area contributed by atoms with E-state index in [1.807, 2.05) is 6.92 Å². The van der Waals surface area contributed by atoms with Crippen molar-refractivity contribution in [1.29, 1.82) is 0 Å². The summed E-state index contributed by atoms with van der Waals surface area (Å²) in [6.45, 7) is 3.20. The fourth-order valence-electron chi connectivity index (χ4n) is 2.75. The van der Waals surface area contributed by atoms with Crippen molar-refractivity contribution in [2.45, 2.75) is 11.8 Å². The number of morpholine rings is 1. The van der Waals surface area contributed by atoms with Crippen LogP contribution in [-0.4, -0.2) is 50.6 Å². The number of benzene rings is 2. The lowest BCUT2D eigenvalue weighted by Gasteiger charge is -2.26. The zero-order valence-corrected chi connectivity index (χ0v) is 16.1. The highest BCUT2D eigenvalue weighted by atomic mass is 32.2. The number of sulfonamides is 1. The molecule has 0 aliphatic carbocycles. The lowest BCUT2D eigenvalue weighted by Crippen LogP contribution is -2.40. The van der Waals surface area contributed by atoms with E-state index in [1.54, 1.807) is 24.3 Å². The Morgan fingerprint density at radius 2 is 1.79 bits per heavy atom. The van der Waals surface area contributed by atoms with Gasteiger partial charge in [-0.1, -0.05) is 12.1 Å². The number of rotatable bonds is 7. The molecule has 0 atom stereocenters. The van der Waals surface area contributed by atoms with Gasteiger partial charge in [-0.05, 0) is 31.2 Å². The monoisotopic (exact) mass is 408 g/mol. The molecule has 3 rings (SSSR count).